The van der Waals surface area contributed by atoms with Crippen LogP contribution in [0, 0.1) is 6.92 Å². The van der Waals surface area contributed by atoms with Crippen molar-refractivity contribution in [3.8, 4) is 5.82 Å². The van der Waals surface area contributed by atoms with Crippen LogP contribution < -0.4 is 5.56 Å². The predicted molar refractivity (Wildman–Crippen MR) is 121 cm³/mol. The van der Waals surface area contributed by atoms with Gasteiger partial charge < -0.3 is 0 Å². The number of halogens is 2. The molecule has 0 bridgehead atoms. The fraction of sp³-hybridized carbons (Fsp3) is 0.0909. The molecule has 4 rings (SSSR count). The van der Waals surface area contributed by atoms with Crippen molar-refractivity contribution in [1.82, 2.24) is 14.5 Å². The van der Waals surface area contributed by atoms with Gasteiger partial charge in [-0.15, -0.1) is 0 Å². The lowest BCUT2D eigenvalue weighted by Gasteiger charge is -2.12. The number of pyridine rings is 1. The second kappa shape index (κ2) is 8.60. The van der Waals surface area contributed by atoms with E-state index in [2.05, 4.69) is 9.97 Å². The Hall–Kier alpha value is -2.67. The molecule has 0 unspecified atom stereocenters. The first-order chi connectivity index (χ1) is 14.4. The van der Waals surface area contributed by atoms with Crippen molar-refractivity contribution in [2.45, 2.75) is 12.1 Å². The largest absolute Gasteiger partial charge is 0.293 e. The molecule has 0 amide bonds. The highest BCUT2D eigenvalue weighted by Crippen LogP contribution is 2.25. The predicted octanol–water partition coefficient (Wildman–Crippen LogP) is 5.37. The van der Waals surface area contributed by atoms with Gasteiger partial charge in [0.1, 0.15) is 5.82 Å². The van der Waals surface area contributed by atoms with Gasteiger partial charge in [0.05, 0.1) is 26.7 Å². The number of aryl methyl sites for hydroxylation is 1. The van der Waals surface area contributed by atoms with Gasteiger partial charge in [0.15, 0.2) is 10.9 Å². The van der Waals surface area contributed by atoms with Gasteiger partial charge in [-0.25, -0.2) is 14.5 Å². The third-order valence-corrected chi connectivity index (χ3v) is 6.13. The standard InChI is InChI=1S/C22H15Cl2N3O2S/c1-13-8-9-25-20(10-13)27-21(29)15-4-2-3-5-18(15)26-22(27)30-12-19(28)14-6-7-16(23)17(24)11-14/h2-11H,12H2,1H3. The Bertz CT molecular complexity index is 1340. The number of fused-ring (bicyclic) bond motifs is 1. The molecule has 0 fully saturated rings. The minimum absolute atomic E-state index is 0.0779. The lowest BCUT2D eigenvalue weighted by molar-refractivity contribution is 0.102. The van der Waals surface area contributed by atoms with Crippen molar-refractivity contribution in [3.05, 3.63) is 92.3 Å². The second-order valence-electron chi connectivity index (χ2n) is 6.58. The zero-order chi connectivity index (χ0) is 21.3. The summed E-state index contributed by atoms with van der Waals surface area (Å²) in [4.78, 5) is 34.9. The average molecular weight is 456 g/mol. The molecule has 4 aromatic rings. The van der Waals surface area contributed by atoms with E-state index in [0.29, 0.717) is 37.5 Å². The molecule has 2 aromatic heterocycles. The van der Waals surface area contributed by atoms with E-state index in [-0.39, 0.29) is 17.1 Å². The van der Waals surface area contributed by atoms with E-state index < -0.39 is 0 Å². The number of carbonyl (C=O) groups is 1. The average Bonchev–Trinajstić information content (AvgIpc) is 2.74. The van der Waals surface area contributed by atoms with Crippen LogP contribution in [0.5, 0.6) is 0 Å². The molecule has 0 spiro atoms. The van der Waals surface area contributed by atoms with Crippen molar-refractivity contribution in [1.29, 1.82) is 0 Å². The first kappa shape index (κ1) is 20.6. The topological polar surface area (TPSA) is 64.8 Å². The summed E-state index contributed by atoms with van der Waals surface area (Å²) in [5.41, 5.74) is 1.74. The third kappa shape index (κ3) is 4.12. The van der Waals surface area contributed by atoms with E-state index in [4.69, 9.17) is 23.2 Å². The van der Waals surface area contributed by atoms with Gasteiger partial charge in [-0.2, -0.15) is 0 Å². The Morgan fingerprint density at radius 3 is 2.63 bits per heavy atom. The van der Waals surface area contributed by atoms with Crippen LogP contribution in [0.3, 0.4) is 0 Å². The molecular formula is C22H15Cl2N3O2S. The minimum atomic E-state index is -0.233. The maximum atomic E-state index is 13.2. The fourth-order valence-electron chi connectivity index (χ4n) is 2.94. The molecule has 150 valence electrons. The quantitative estimate of drug-likeness (QED) is 0.230. The number of nitrogens with zero attached hydrogens (tertiary/aromatic N) is 3. The van der Waals surface area contributed by atoms with E-state index in [1.165, 1.54) is 22.4 Å². The van der Waals surface area contributed by atoms with Crippen molar-refractivity contribution in [3.63, 3.8) is 0 Å². The number of carbonyl (C=O) groups excluding carboxylic acids is 1. The number of rotatable bonds is 5. The van der Waals surface area contributed by atoms with Gasteiger partial charge in [0.2, 0.25) is 0 Å². The maximum absolute atomic E-state index is 13.2. The molecule has 0 aliphatic carbocycles. The summed E-state index contributed by atoms with van der Waals surface area (Å²) < 4.78 is 1.45. The summed E-state index contributed by atoms with van der Waals surface area (Å²) in [6.07, 6.45) is 1.64. The monoisotopic (exact) mass is 455 g/mol. The third-order valence-electron chi connectivity index (χ3n) is 4.45. The number of benzene rings is 2. The Labute approximate surface area is 186 Å². The maximum Gasteiger partial charge on any atom is 0.267 e. The van der Waals surface area contributed by atoms with Crippen molar-refractivity contribution >= 4 is 51.6 Å². The SMILES string of the molecule is Cc1ccnc(-n2c(SCC(=O)c3ccc(Cl)c(Cl)c3)nc3ccccc3c2=O)c1. The molecule has 0 atom stereocenters. The molecule has 2 heterocycles. The Balaban J connectivity index is 1.75. The number of Topliss-reactive ketones (excluding diaryl/α,β-unsaturated/α-hetero) is 1. The number of thioether (sulfide) groups is 1. The van der Waals surface area contributed by atoms with E-state index in [1.807, 2.05) is 25.1 Å². The number of ketones is 1. The second-order valence-corrected chi connectivity index (χ2v) is 8.34. The summed E-state index contributed by atoms with van der Waals surface area (Å²) in [5, 5.41) is 1.58. The molecule has 2 aromatic carbocycles. The minimum Gasteiger partial charge on any atom is -0.293 e. The van der Waals surface area contributed by atoms with Gasteiger partial charge in [0.25, 0.3) is 5.56 Å². The lowest BCUT2D eigenvalue weighted by atomic mass is 10.1. The molecule has 5 nitrogen and oxygen atoms in total. The van der Waals surface area contributed by atoms with Crippen LogP contribution in [0.15, 0.2) is 70.7 Å². The number of hydrogen-bond donors (Lipinski definition) is 0. The van der Waals surface area contributed by atoms with Crippen LogP contribution in [0.1, 0.15) is 15.9 Å². The summed E-state index contributed by atoms with van der Waals surface area (Å²) in [6.45, 7) is 1.92. The zero-order valence-electron chi connectivity index (χ0n) is 15.8. The van der Waals surface area contributed by atoms with E-state index >= 15 is 0 Å². The normalized spacial score (nSPS) is 11.0. The van der Waals surface area contributed by atoms with Gasteiger partial charge in [-0.3, -0.25) is 9.59 Å². The lowest BCUT2D eigenvalue weighted by Crippen LogP contribution is -2.23. The van der Waals surface area contributed by atoms with Gasteiger partial charge in [-0.1, -0.05) is 47.1 Å². The van der Waals surface area contributed by atoms with E-state index in [0.717, 1.165) is 5.56 Å². The number of para-hydroxylation sites is 1. The molecule has 0 N–H and O–H groups in total. The highest BCUT2D eigenvalue weighted by Gasteiger charge is 2.16. The summed E-state index contributed by atoms with van der Waals surface area (Å²) in [6, 6.07) is 15.5. The van der Waals surface area contributed by atoms with Crippen LogP contribution in [-0.4, -0.2) is 26.1 Å². The molecule has 0 aliphatic heterocycles. The van der Waals surface area contributed by atoms with Gasteiger partial charge in [-0.05, 0) is 55.0 Å². The molecule has 0 radical (unpaired) electrons. The summed E-state index contributed by atoms with van der Waals surface area (Å²) >= 11 is 13.1. The molecular weight excluding hydrogens is 441 g/mol. The first-order valence-corrected chi connectivity index (χ1v) is 10.7. The van der Waals surface area contributed by atoms with Crippen molar-refractivity contribution in [2.75, 3.05) is 5.75 Å². The number of aromatic nitrogens is 3. The van der Waals surface area contributed by atoms with Crippen LogP contribution in [0.4, 0.5) is 0 Å². The van der Waals surface area contributed by atoms with Crippen LogP contribution >= 0.6 is 35.0 Å². The van der Waals surface area contributed by atoms with Crippen LogP contribution in [0.2, 0.25) is 10.0 Å². The first-order valence-electron chi connectivity index (χ1n) is 9.00. The van der Waals surface area contributed by atoms with Crippen LogP contribution in [-0.2, 0) is 0 Å². The Kier molecular flexibility index (Phi) is 5.90. The molecule has 30 heavy (non-hydrogen) atoms. The van der Waals surface area contributed by atoms with Crippen molar-refractivity contribution < 1.29 is 4.79 Å². The van der Waals surface area contributed by atoms with E-state index in [1.54, 1.807) is 36.5 Å². The molecule has 0 aliphatic rings. The smallest absolute Gasteiger partial charge is 0.267 e. The van der Waals surface area contributed by atoms with E-state index in [9.17, 15) is 9.59 Å². The number of hydrogen-bond acceptors (Lipinski definition) is 5. The molecule has 0 saturated heterocycles. The molecule has 0 saturated carbocycles. The molecule has 8 heteroatoms. The fourth-order valence-corrected chi connectivity index (χ4v) is 4.13. The highest BCUT2D eigenvalue weighted by atomic mass is 35.5. The zero-order valence-corrected chi connectivity index (χ0v) is 18.1. The highest BCUT2D eigenvalue weighted by molar-refractivity contribution is 7.99. The summed E-state index contributed by atoms with van der Waals surface area (Å²) in [5.74, 6) is 0.390. The summed E-state index contributed by atoms with van der Waals surface area (Å²) in [7, 11) is 0. The van der Waals surface area contributed by atoms with Gasteiger partial charge >= 0.3 is 0 Å². The van der Waals surface area contributed by atoms with Crippen LogP contribution in [0.25, 0.3) is 16.7 Å². The Morgan fingerprint density at radius 1 is 1.07 bits per heavy atom. The van der Waals surface area contributed by atoms with Gasteiger partial charge in [0, 0.05) is 11.8 Å². The van der Waals surface area contributed by atoms with Crippen molar-refractivity contribution in [2.24, 2.45) is 0 Å². The Morgan fingerprint density at radius 2 is 1.87 bits per heavy atom.